The topological polar surface area (TPSA) is 74.8 Å². The molecule has 0 amide bonds. The van der Waals surface area contributed by atoms with Gasteiger partial charge in [0.15, 0.2) is 0 Å². The number of nitrogens with zero attached hydrogens (tertiary/aromatic N) is 1. The lowest BCUT2D eigenvalue weighted by molar-refractivity contribution is 0.336. The number of hydrogen-bond acceptors (Lipinski definition) is 3. The molecule has 90 valence electrons. The smallest absolute Gasteiger partial charge is 0.243 e. The third kappa shape index (κ3) is 2.44. The quantitative estimate of drug-likeness (QED) is 0.836. The highest BCUT2D eigenvalue weighted by Crippen LogP contribution is 2.36. The minimum Gasteiger partial charge on any atom is -0.284 e. The molecule has 0 aromatic carbocycles. The Morgan fingerprint density at radius 1 is 1.50 bits per heavy atom. The van der Waals surface area contributed by atoms with Gasteiger partial charge in [-0.2, -0.15) is 5.10 Å². The lowest BCUT2D eigenvalue weighted by Crippen LogP contribution is -2.33. The molecule has 1 aromatic rings. The maximum Gasteiger partial charge on any atom is 0.243 e. The fourth-order valence-corrected chi connectivity index (χ4v) is 3.25. The predicted molar refractivity (Wildman–Crippen MR) is 60.4 cm³/mol. The molecule has 0 saturated heterocycles. The summed E-state index contributed by atoms with van der Waals surface area (Å²) in [4.78, 5) is 0.203. The average molecular weight is 243 g/mol. The highest BCUT2D eigenvalue weighted by molar-refractivity contribution is 7.89. The molecule has 0 atom stereocenters. The van der Waals surface area contributed by atoms with E-state index in [0.29, 0.717) is 6.54 Å². The zero-order chi connectivity index (χ0) is 11.6. The first kappa shape index (κ1) is 11.6. The molecular weight excluding hydrogens is 226 g/mol. The van der Waals surface area contributed by atoms with Crippen LogP contribution in [0.5, 0.6) is 0 Å². The van der Waals surface area contributed by atoms with Gasteiger partial charge in [-0.25, -0.2) is 13.1 Å². The summed E-state index contributed by atoms with van der Waals surface area (Å²) in [5, 5.41) is 6.15. The Morgan fingerprint density at radius 3 is 2.75 bits per heavy atom. The van der Waals surface area contributed by atoms with Crippen LogP contribution in [0.25, 0.3) is 0 Å². The molecule has 0 radical (unpaired) electrons. The molecule has 0 aliphatic heterocycles. The second kappa shape index (κ2) is 4.18. The van der Waals surface area contributed by atoms with Crippen LogP contribution in [-0.2, 0) is 10.0 Å². The van der Waals surface area contributed by atoms with Gasteiger partial charge in [-0.05, 0) is 18.3 Å². The molecule has 0 spiro atoms. The third-order valence-electron chi connectivity index (χ3n) is 3.28. The van der Waals surface area contributed by atoms with E-state index in [4.69, 9.17) is 0 Å². The lowest BCUT2D eigenvalue weighted by atomic mass is 9.89. The van der Waals surface area contributed by atoms with Crippen LogP contribution in [0.3, 0.4) is 0 Å². The van der Waals surface area contributed by atoms with E-state index in [0.717, 1.165) is 12.8 Å². The molecule has 0 bridgehead atoms. The van der Waals surface area contributed by atoms with Gasteiger partial charge in [0.2, 0.25) is 10.0 Å². The van der Waals surface area contributed by atoms with Crippen molar-refractivity contribution in [1.29, 1.82) is 0 Å². The fraction of sp³-hybridized carbons (Fsp3) is 0.700. The van der Waals surface area contributed by atoms with Crippen molar-refractivity contribution in [3.63, 3.8) is 0 Å². The van der Waals surface area contributed by atoms with Crippen LogP contribution >= 0.6 is 0 Å². The molecule has 1 heterocycles. The Hall–Kier alpha value is -0.880. The van der Waals surface area contributed by atoms with Crippen LogP contribution in [0, 0.1) is 5.41 Å². The maximum absolute atomic E-state index is 11.8. The van der Waals surface area contributed by atoms with Gasteiger partial charge < -0.3 is 0 Å². The minimum absolute atomic E-state index is 0.122. The van der Waals surface area contributed by atoms with Gasteiger partial charge in [-0.3, -0.25) is 5.10 Å². The number of rotatable bonds is 4. The van der Waals surface area contributed by atoms with Crippen LogP contribution in [-0.4, -0.2) is 25.2 Å². The largest absolute Gasteiger partial charge is 0.284 e. The Kier molecular flexibility index (Phi) is 3.03. The van der Waals surface area contributed by atoms with E-state index in [1.54, 1.807) is 0 Å². The average Bonchev–Trinajstić information content (AvgIpc) is 2.86. The molecule has 16 heavy (non-hydrogen) atoms. The van der Waals surface area contributed by atoms with Gasteiger partial charge in [-0.15, -0.1) is 0 Å². The highest BCUT2D eigenvalue weighted by atomic mass is 32.2. The van der Waals surface area contributed by atoms with Crippen LogP contribution in [0.4, 0.5) is 0 Å². The number of nitrogens with one attached hydrogen (secondary N) is 2. The summed E-state index contributed by atoms with van der Waals surface area (Å²) in [6.07, 6.45) is 7.30. The van der Waals surface area contributed by atoms with Gasteiger partial charge in [0, 0.05) is 12.7 Å². The van der Waals surface area contributed by atoms with Crippen LogP contribution in [0.1, 0.15) is 32.6 Å². The molecule has 1 fully saturated rings. The number of aromatic nitrogens is 2. The summed E-state index contributed by atoms with van der Waals surface area (Å²) in [5.41, 5.74) is 0.122. The summed E-state index contributed by atoms with van der Waals surface area (Å²) in [6, 6.07) is 0. The molecule has 1 aromatic heterocycles. The number of H-pyrrole nitrogens is 1. The molecule has 5 nitrogen and oxygen atoms in total. The van der Waals surface area contributed by atoms with Gasteiger partial charge in [0.05, 0.1) is 6.20 Å². The lowest BCUT2D eigenvalue weighted by Gasteiger charge is -2.23. The molecule has 1 aliphatic rings. The summed E-state index contributed by atoms with van der Waals surface area (Å²) < 4.78 is 26.3. The van der Waals surface area contributed by atoms with Crippen molar-refractivity contribution in [2.75, 3.05) is 6.54 Å². The number of aromatic amines is 1. The highest BCUT2D eigenvalue weighted by Gasteiger charge is 2.30. The van der Waals surface area contributed by atoms with Crippen molar-refractivity contribution < 1.29 is 8.42 Å². The molecule has 1 aliphatic carbocycles. The van der Waals surface area contributed by atoms with Crippen LogP contribution in [0.2, 0.25) is 0 Å². The van der Waals surface area contributed by atoms with E-state index in [-0.39, 0.29) is 10.3 Å². The summed E-state index contributed by atoms with van der Waals surface area (Å²) in [5.74, 6) is 0. The van der Waals surface area contributed by atoms with Gasteiger partial charge in [-0.1, -0.05) is 19.8 Å². The van der Waals surface area contributed by atoms with E-state index in [2.05, 4.69) is 21.8 Å². The van der Waals surface area contributed by atoms with Crippen molar-refractivity contribution >= 4 is 10.0 Å². The van der Waals surface area contributed by atoms with E-state index < -0.39 is 10.0 Å². The third-order valence-corrected chi connectivity index (χ3v) is 4.65. The molecular formula is C10H17N3O2S. The first-order valence-electron chi connectivity index (χ1n) is 5.50. The zero-order valence-corrected chi connectivity index (χ0v) is 10.2. The number of hydrogen-bond donors (Lipinski definition) is 2. The molecule has 1 saturated carbocycles. The van der Waals surface area contributed by atoms with E-state index in [9.17, 15) is 8.42 Å². The Balaban J connectivity index is 2.00. The normalized spacial score (nSPS) is 20.1. The van der Waals surface area contributed by atoms with Crippen molar-refractivity contribution in [2.24, 2.45) is 5.41 Å². The number of sulfonamides is 1. The first-order chi connectivity index (χ1) is 7.52. The van der Waals surface area contributed by atoms with E-state index in [1.807, 2.05) is 0 Å². The molecule has 2 rings (SSSR count). The van der Waals surface area contributed by atoms with Gasteiger partial charge in [0.25, 0.3) is 0 Å². The monoisotopic (exact) mass is 243 g/mol. The van der Waals surface area contributed by atoms with Crippen molar-refractivity contribution in [3.05, 3.63) is 12.4 Å². The van der Waals surface area contributed by atoms with Crippen LogP contribution < -0.4 is 4.72 Å². The van der Waals surface area contributed by atoms with Crippen LogP contribution in [0.15, 0.2) is 17.3 Å². The maximum atomic E-state index is 11.8. The fourth-order valence-electron chi connectivity index (χ4n) is 2.14. The standard InChI is InChI=1S/C10H17N3O2S/c1-10(4-2-3-5-10)8-13-16(14,15)9-6-11-12-7-9/h6-7,13H,2-5,8H2,1H3,(H,11,12). The zero-order valence-electron chi connectivity index (χ0n) is 9.36. The second-order valence-corrected chi connectivity index (χ2v) is 6.54. The Bertz CT molecular complexity index is 433. The first-order valence-corrected chi connectivity index (χ1v) is 6.99. The molecule has 2 N–H and O–H groups in total. The minimum atomic E-state index is -3.39. The van der Waals surface area contributed by atoms with E-state index >= 15 is 0 Å². The van der Waals surface area contributed by atoms with E-state index in [1.165, 1.54) is 25.2 Å². The van der Waals surface area contributed by atoms with Crippen molar-refractivity contribution in [1.82, 2.24) is 14.9 Å². The summed E-state index contributed by atoms with van der Waals surface area (Å²) in [6.45, 7) is 2.65. The van der Waals surface area contributed by atoms with Crippen molar-refractivity contribution in [2.45, 2.75) is 37.5 Å². The predicted octanol–water partition coefficient (Wildman–Crippen LogP) is 1.27. The Morgan fingerprint density at radius 2 is 2.19 bits per heavy atom. The summed E-state index contributed by atoms with van der Waals surface area (Å²) >= 11 is 0. The van der Waals surface area contributed by atoms with Crippen molar-refractivity contribution in [3.8, 4) is 0 Å². The molecule has 0 unspecified atom stereocenters. The van der Waals surface area contributed by atoms with Gasteiger partial charge >= 0.3 is 0 Å². The SMILES string of the molecule is CC1(CNS(=O)(=O)c2cn[nH]c2)CCCC1. The Labute approximate surface area is 95.7 Å². The van der Waals surface area contributed by atoms with Gasteiger partial charge in [0.1, 0.15) is 4.90 Å². The second-order valence-electron chi connectivity index (χ2n) is 4.78. The molecule has 6 heteroatoms. The summed E-state index contributed by atoms with van der Waals surface area (Å²) in [7, 11) is -3.39.